The molecule has 0 aliphatic heterocycles. The van der Waals surface area contributed by atoms with E-state index in [4.69, 9.17) is 27.9 Å². The minimum Gasteiger partial charge on any atom is -0.457 e. The first-order chi connectivity index (χ1) is 21.9. The number of amides is 2. The van der Waals surface area contributed by atoms with Crippen LogP contribution < -0.4 is 14.4 Å². The zero-order valence-corrected chi connectivity index (χ0v) is 28.2. The molecule has 8 nitrogen and oxygen atoms in total. The third kappa shape index (κ3) is 9.97. The van der Waals surface area contributed by atoms with Crippen molar-refractivity contribution < 1.29 is 22.7 Å². The van der Waals surface area contributed by atoms with E-state index < -0.39 is 28.5 Å². The number of sulfonamides is 1. The molecule has 0 radical (unpaired) electrons. The van der Waals surface area contributed by atoms with Crippen LogP contribution in [-0.4, -0.2) is 50.5 Å². The van der Waals surface area contributed by atoms with Gasteiger partial charge in [-0.15, -0.1) is 0 Å². The van der Waals surface area contributed by atoms with Crippen molar-refractivity contribution in [3.8, 4) is 11.5 Å². The van der Waals surface area contributed by atoms with Gasteiger partial charge in [-0.05, 0) is 65.6 Å². The average molecular weight is 683 g/mol. The van der Waals surface area contributed by atoms with Crippen molar-refractivity contribution in [3.63, 3.8) is 0 Å². The van der Waals surface area contributed by atoms with Crippen LogP contribution in [0.15, 0.2) is 103 Å². The smallest absolute Gasteiger partial charge is 0.244 e. The van der Waals surface area contributed by atoms with Crippen LogP contribution in [0.25, 0.3) is 0 Å². The number of anilines is 1. The van der Waals surface area contributed by atoms with Gasteiger partial charge in [-0.2, -0.15) is 0 Å². The molecule has 11 heteroatoms. The van der Waals surface area contributed by atoms with Crippen LogP contribution in [0.4, 0.5) is 5.69 Å². The second-order valence-corrected chi connectivity index (χ2v) is 14.0. The van der Waals surface area contributed by atoms with Gasteiger partial charge in [0.1, 0.15) is 24.1 Å². The maximum atomic E-state index is 14.3. The summed E-state index contributed by atoms with van der Waals surface area (Å²) in [7, 11) is -3.92. The van der Waals surface area contributed by atoms with E-state index in [-0.39, 0.29) is 30.5 Å². The molecule has 2 amide bonds. The van der Waals surface area contributed by atoms with Gasteiger partial charge in [0.25, 0.3) is 0 Å². The van der Waals surface area contributed by atoms with Crippen molar-refractivity contribution in [2.45, 2.75) is 32.9 Å². The third-order valence-corrected chi connectivity index (χ3v) is 8.95. The molecule has 4 rings (SSSR count). The maximum Gasteiger partial charge on any atom is 0.244 e. The SMILES string of the molecule is CC(C)CNC(=O)C(Cc1ccccc1)N(Cc1ccc(Cl)c(Cl)c1)C(=O)CN(c1ccc(Oc2ccccc2)cc1)S(C)(=O)=O. The molecule has 46 heavy (non-hydrogen) atoms. The van der Waals surface area contributed by atoms with E-state index >= 15 is 0 Å². The first-order valence-corrected chi connectivity index (χ1v) is 17.4. The normalized spacial score (nSPS) is 12.0. The van der Waals surface area contributed by atoms with Crippen molar-refractivity contribution in [1.29, 1.82) is 0 Å². The quantitative estimate of drug-likeness (QED) is 0.155. The van der Waals surface area contributed by atoms with E-state index in [1.807, 2.05) is 62.4 Å². The van der Waals surface area contributed by atoms with E-state index in [0.717, 1.165) is 16.1 Å². The zero-order valence-electron chi connectivity index (χ0n) is 25.9. The van der Waals surface area contributed by atoms with E-state index in [2.05, 4.69) is 5.32 Å². The van der Waals surface area contributed by atoms with Gasteiger partial charge in [-0.3, -0.25) is 13.9 Å². The summed E-state index contributed by atoms with van der Waals surface area (Å²) < 4.78 is 33.1. The Bertz CT molecular complexity index is 1720. The summed E-state index contributed by atoms with van der Waals surface area (Å²) in [6.07, 6.45) is 1.25. The van der Waals surface area contributed by atoms with E-state index in [0.29, 0.717) is 33.7 Å². The minimum atomic E-state index is -3.92. The highest BCUT2D eigenvalue weighted by Crippen LogP contribution is 2.27. The van der Waals surface area contributed by atoms with Gasteiger partial charge in [-0.25, -0.2) is 8.42 Å². The van der Waals surface area contributed by atoms with Crippen LogP contribution in [0.1, 0.15) is 25.0 Å². The van der Waals surface area contributed by atoms with Gasteiger partial charge in [-0.1, -0.05) is 91.6 Å². The van der Waals surface area contributed by atoms with Crippen molar-refractivity contribution in [1.82, 2.24) is 10.2 Å². The number of benzene rings is 4. The fourth-order valence-electron chi connectivity index (χ4n) is 4.73. The molecule has 1 atom stereocenters. The molecule has 0 spiro atoms. The fraction of sp³-hybridized carbons (Fsp3) is 0.257. The minimum absolute atomic E-state index is 0.0101. The lowest BCUT2D eigenvalue weighted by molar-refractivity contribution is -0.140. The lowest BCUT2D eigenvalue weighted by atomic mass is 10.0. The van der Waals surface area contributed by atoms with Gasteiger partial charge in [0.15, 0.2) is 0 Å². The number of nitrogens with zero attached hydrogens (tertiary/aromatic N) is 2. The molecule has 0 heterocycles. The van der Waals surface area contributed by atoms with Crippen LogP contribution in [0.3, 0.4) is 0 Å². The highest BCUT2D eigenvalue weighted by molar-refractivity contribution is 7.92. The molecule has 1 unspecified atom stereocenters. The van der Waals surface area contributed by atoms with Crippen molar-refractivity contribution >= 4 is 50.7 Å². The van der Waals surface area contributed by atoms with Gasteiger partial charge in [0.05, 0.1) is 22.0 Å². The number of hydrogen-bond acceptors (Lipinski definition) is 5. The number of nitrogens with one attached hydrogen (secondary N) is 1. The Morgan fingerprint density at radius 2 is 1.41 bits per heavy atom. The average Bonchev–Trinajstić information content (AvgIpc) is 3.03. The van der Waals surface area contributed by atoms with Gasteiger partial charge < -0.3 is 15.0 Å². The zero-order chi connectivity index (χ0) is 33.3. The van der Waals surface area contributed by atoms with Crippen molar-refractivity contribution in [2.75, 3.05) is 23.7 Å². The summed E-state index contributed by atoms with van der Waals surface area (Å²) in [6, 6.07) is 29.0. The molecule has 1 N–H and O–H groups in total. The molecule has 0 saturated heterocycles. The van der Waals surface area contributed by atoms with Gasteiger partial charge in [0.2, 0.25) is 21.8 Å². The monoisotopic (exact) mass is 681 g/mol. The number of ether oxygens (including phenoxy) is 1. The lowest BCUT2D eigenvalue weighted by Crippen LogP contribution is -2.53. The fourth-order valence-corrected chi connectivity index (χ4v) is 5.90. The summed E-state index contributed by atoms with van der Waals surface area (Å²) in [6.45, 7) is 3.81. The highest BCUT2D eigenvalue weighted by atomic mass is 35.5. The summed E-state index contributed by atoms with van der Waals surface area (Å²) in [5.74, 6) is 0.389. The molecular formula is C35H37Cl2N3O5S. The summed E-state index contributed by atoms with van der Waals surface area (Å²) in [4.78, 5) is 29.4. The maximum absolute atomic E-state index is 14.3. The third-order valence-electron chi connectivity index (χ3n) is 7.08. The van der Waals surface area contributed by atoms with Crippen LogP contribution >= 0.6 is 23.2 Å². The van der Waals surface area contributed by atoms with Gasteiger partial charge >= 0.3 is 0 Å². The predicted octanol–water partition coefficient (Wildman–Crippen LogP) is 6.96. The lowest BCUT2D eigenvalue weighted by Gasteiger charge is -2.33. The number of para-hydroxylation sites is 1. The molecule has 0 aliphatic carbocycles. The number of carbonyl (C=O) groups excluding carboxylic acids is 2. The van der Waals surface area contributed by atoms with Crippen molar-refractivity contribution in [3.05, 3.63) is 124 Å². The highest BCUT2D eigenvalue weighted by Gasteiger charge is 2.33. The number of carbonyl (C=O) groups is 2. The molecular weight excluding hydrogens is 645 g/mol. The standard InChI is InChI=1S/C35H37Cl2N3O5S/c1-25(2)22-38-35(42)33(21-26-10-6-4-7-11-26)39(23-27-14-19-31(36)32(37)20-27)34(41)24-40(46(3,43)44)28-15-17-30(18-16-28)45-29-12-8-5-9-13-29/h4-20,25,33H,21-24H2,1-3H3,(H,38,42). The summed E-state index contributed by atoms with van der Waals surface area (Å²) in [5.41, 5.74) is 1.74. The molecule has 0 bridgehead atoms. The largest absolute Gasteiger partial charge is 0.457 e. The second-order valence-electron chi connectivity index (χ2n) is 11.3. The molecule has 4 aromatic carbocycles. The molecule has 242 valence electrons. The second kappa shape index (κ2) is 16.0. The Hall–Kier alpha value is -4.05. The first-order valence-electron chi connectivity index (χ1n) is 14.8. The van der Waals surface area contributed by atoms with Gasteiger partial charge in [0, 0.05) is 19.5 Å². The summed E-state index contributed by atoms with van der Waals surface area (Å²) in [5, 5.41) is 3.61. The molecule has 0 aromatic heterocycles. The number of hydrogen-bond donors (Lipinski definition) is 1. The molecule has 0 aliphatic rings. The van der Waals surface area contributed by atoms with Crippen LogP contribution in [0, 0.1) is 5.92 Å². The predicted molar refractivity (Wildman–Crippen MR) is 184 cm³/mol. The van der Waals surface area contributed by atoms with E-state index in [1.165, 1.54) is 4.90 Å². The molecule has 4 aromatic rings. The Kier molecular flexibility index (Phi) is 12.1. The topological polar surface area (TPSA) is 96.0 Å². The van der Waals surface area contributed by atoms with E-state index in [9.17, 15) is 18.0 Å². The molecule has 0 saturated carbocycles. The van der Waals surface area contributed by atoms with Crippen molar-refractivity contribution in [2.24, 2.45) is 5.92 Å². The van der Waals surface area contributed by atoms with Crippen LogP contribution in [0.5, 0.6) is 11.5 Å². The Labute approximate surface area is 280 Å². The first kappa shape index (κ1) is 34.8. The number of rotatable bonds is 14. The summed E-state index contributed by atoms with van der Waals surface area (Å²) >= 11 is 12.5. The molecule has 0 fully saturated rings. The Morgan fingerprint density at radius 1 is 0.804 bits per heavy atom. The van der Waals surface area contributed by atoms with Crippen LogP contribution in [-0.2, 0) is 32.6 Å². The Balaban J connectivity index is 1.69. The Morgan fingerprint density at radius 3 is 2.00 bits per heavy atom. The van der Waals surface area contributed by atoms with Crippen LogP contribution in [0.2, 0.25) is 10.0 Å². The number of halogens is 2. The van der Waals surface area contributed by atoms with E-state index in [1.54, 1.807) is 54.6 Å².